The maximum Gasteiger partial charge on any atom is 0.210 e. The third-order valence-electron chi connectivity index (χ3n) is 1.85. The maximum atomic E-state index is 11.0. The minimum Gasteiger partial charge on any atom is -0.475 e. The van der Waals surface area contributed by atoms with Gasteiger partial charge < -0.3 is 20.1 Å². The monoisotopic (exact) mass is 224 g/mol. The summed E-state index contributed by atoms with van der Waals surface area (Å²) in [5.74, 6) is 0. The van der Waals surface area contributed by atoms with Crippen molar-refractivity contribution in [2.45, 2.75) is 18.3 Å². The highest BCUT2D eigenvalue weighted by molar-refractivity contribution is 7.94. The molecule has 7 heteroatoms. The molecule has 1 rings (SSSR count). The molecule has 1 aliphatic heterocycles. The zero-order valence-corrected chi connectivity index (χ0v) is 8.31. The molecule has 0 fully saturated rings. The predicted molar refractivity (Wildman–Crippen MR) is 46.9 cm³/mol. The van der Waals surface area contributed by atoms with E-state index in [0.717, 1.165) is 12.3 Å². The lowest BCUT2D eigenvalue weighted by molar-refractivity contribution is -0.0846. The number of hydrogen-bond acceptors (Lipinski definition) is 6. The van der Waals surface area contributed by atoms with Crippen LogP contribution in [-0.4, -0.2) is 54.9 Å². The van der Waals surface area contributed by atoms with E-state index in [0.29, 0.717) is 0 Å². The highest BCUT2D eigenvalue weighted by Gasteiger charge is 2.34. The molecule has 0 unspecified atom stereocenters. The first-order valence-electron chi connectivity index (χ1n) is 3.92. The van der Waals surface area contributed by atoms with Gasteiger partial charge in [-0.05, 0) is 0 Å². The van der Waals surface area contributed by atoms with Crippen molar-refractivity contribution in [3.05, 3.63) is 11.2 Å². The lowest BCUT2D eigenvalue weighted by atomic mass is 10.1. The number of aliphatic hydroxyl groups excluding tert-OH is 3. The fraction of sp³-hybridized carbons (Fsp3) is 0.714. The molecule has 0 bridgehead atoms. The number of hydrogen-bond donors (Lipinski definition) is 3. The van der Waals surface area contributed by atoms with Gasteiger partial charge >= 0.3 is 0 Å². The van der Waals surface area contributed by atoms with Gasteiger partial charge in [0.1, 0.15) is 12.2 Å². The Morgan fingerprint density at radius 2 is 2.07 bits per heavy atom. The Hall–Kier alpha value is -0.630. The van der Waals surface area contributed by atoms with Crippen LogP contribution in [0.4, 0.5) is 0 Å². The summed E-state index contributed by atoms with van der Waals surface area (Å²) in [5, 5.41) is 26.8. The van der Waals surface area contributed by atoms with Crippen LogP contribution in [0.15, 0.2) is 11.2 Å². The second kappa shape index (κ2) is 3.85. The van der Waals surface area contributed by atoms with Crippen LogP contribution in [-0.2, 0) is 14.6 Å². The Kier molecular flexibility index (Phi) is 3.15. The molecule has 0 saturated carbocycles. The molecule has 0 radical (unpaired) electrons. The molecular formula is C7H12O6S. The summed E-state index contributed by atoms with van der Waals surface area (Å²) >= 11 is 0. The van der Waals surface area contributed by atoms with Gasteiger partial charge in [-0.1, -0.05) is 0 Å². The summed E-state index contributed by atoms with van der Waals surface area (Å²) in [6, 6.07) is 0. The second-order valence-electron chi connectivity index (χ2n) is 3.08. The summed E-state index contributed by atoms with van der Waals surface area (Å²) in [6.07, 6.45) is -1.94. The molecule has 0 amide bonds. The Labute approximate surface area is 81.4 Å². The molecule has 0 saturated heterocycles. The van der Waals surface area contributed by atoms with Crippen LogP contribution < -0.4 is 0 Å². The molecule has 1 aliphatic rings. The Morgan fingerprint density at radius 1 is 1.50 bits per heavy atom. The first kappa shape index (κ1) is 11.4. The zero-order chi connectivity index (χ0) is 10.9. The molecule has 0 aliphatic carbocycles. The van der Waals surface area contributed by atoms with E-state index in [1.165, 1.54) is 0 Å². The van der Waals surface area contributed by atoms with Crippen molar-refractivity contribution >= 4 is 9.84 Å². The van der Waals surface area contributed by atoms with Gasteiger partial charge in [0.25, 0.3) is 0 Å². The smallest absolute Gasteiger partial charge is 0.210 e. The molecule has 3 atom stereocenters. The summed E-state index contributed by atoms with van der Waals surface area (Å²) in [4.78, 5) is 0. The molecule has 3 N–H and O–H groups in total. The van der Waals surface area contributed by atoms with E-state index in [4.69, 9.17) is 9.84 Å². The fourth-order valence-corrected chi connectivity index (χ4v) is 1.76. The number of aliphatic hydroxyl groups is 3. The Balaban J connectivity index is 2.97. The van der Waals surface area contributed by atoms with Crippen LogP contribution in [0, 0.1) is 0 Å². The molecule has 14 heavy (non-hydrogen) atoms. The molecule has 6 nitrogen and oxygen atoms in total. The van der Waals surface area contributed by atoms with Gasteiger partial charge in [0.15, 0.2) is 6.10 Å². The van der Waals surface area contributed by atoms with Crippen molar-refractivity contribution in [2.24, 2.45) is 0 Å². The zero-order valence-electron chi connectivity index (χ0n) is 7.49. The van der Waals surface area contributed by atoms with Gasteiger partial charge in [0, 0.05) is 12.3 Å². The first-order valence-corrected chi connectivity index (χ1v) is 5.81. The minimum atomic E-state index is -3.57. The average molecular weight is 224 g/mol. The molecular weight excluding hydrogens is 212 g/mol. The number of rotatable bonds is 2. The average Bonchev–Trinajstić information content (AvgIpc) is 2.07. The lowest BCUT2D eigenvalue weighted by Crippen LogP contribution is -2.44. The molecule has 0 spiro atoms. The van der Waals surface area contributed by atoms with E-state index in [9.17, 15) is 18.6 Å². The van der Waals surface area contributed by atoms with Crippen LogP contribution in [0.1, 0.15) is 0 Å². The topological polar surface area (TPSA) is 104 Å². The van der Waals surface area contributed by atoms with Crippen LogP contribution in [0.5, 0.6) is 0 Å². The minimum absolute atomic E-state index is 0.422. The van der Waals surface area contributed by atoms with Gasteiger partial charge in [-0.2, -0.15) is 0 Å². The van der Waals surface area contributed by atoms with Gasteiger partial charge in [-0.3, -0.25) is 0 Å². The van der Waals surface area contributed by atoms with Crippen molar-refractivity contribution in [1.82, 2.24) is 0 Å². The molecule has 82 valence electrons. The second-order valence-corrected chi connectivity index (χ2v) is 5.02. The SMILES string of the molecule is CS(=O)(=O)C1=C[C@@H](O)[C@H](O)[C@@H](CO)O1. The maximum absolute atomic E-state index is 11.0. The van der Waals surface area contributed by atoms with Crippen molar-refractivity contribution in [1.29, 1.82) is 0 Å². The quantitative estimate of drug-likeness (QED) is 0.500. The van der Waals surface area contributed by atoms with Crippen molar-refractivity contribution in [3.8, 4) is 0 Å². The highest BCUT2D eigenvalue weighted by Crippen LogP contribution is 2.21. The summed E-state index contributed by atoms with van der Waals surface area (Å²) in [5.41, 5.74) is 0. The van der Waals surface area contributed by atoms with E-state index in [2.05, 4.69) is 0 Å². The van der Waals surface area contributed by atoms with Gasteiger partial charge in [-0.15, -0.1) is 0 Å². The van der Waals surface area contributed by atoms with Gasteiger partial charge in [-0.25, -0.2) is 8.42 Å². The standard InChI is InChI=1S/C7H12O6S/c1-14(11,12)6-2-4(9)7(10)5(3-8)13-6/h2,4-5,7-10H,3H2,1H3/t4-,5-,7+/m1/s1. The first-order chi connectivity index (χ1) is 6.36. The predicted octanol–water partition coefficient (Wildman–Crippen LogP) is -2.01. The summed E-state index contributed by atoms with van der Waals surface area (Å²) < 4.78 is 26.9. The van der Waals surface area contributed by atoms with Crippen molar-refractivity contribution in [3.63, 3.8) is 0 Å². The van der Waals surface area contributed by atoms with E-state index >= 15 is 0 Å². The van der Waals surface area contributed by atoms with E-state index < -0.39 is 39.8 Å². The number of ether oxygens (including phenoxy) is 1. The van der Waals surface area contributed by atoms with Gasteiger partial charge in [0.2, 0.25) is 14.9 Å². The third kappa shape index (κ3) is 2.24. The van der Waals surface area contributed by atoms with Crippen LogP contribution in [0.25, 0.3) is 0 Å². The summed E-state index contributed by atoms with van der Waals surface area (Å²) in [6.45, 7) is -0.564. The largest absolute Gasteiger partial charge is 0.475 e. The van der Waals surface area contributed by atoms with Crippen molar-refractivity contribution < 1.29 is 28.5 Å². The molecule has 0 aromatic rings. The van der Waals surface area contributed by atoms with E-state index in [-0.39, 0.29) is 0 Å². The lowest BCUT2D eigenvalue weighted by Gasteiger charge is -2.29. The Morgan fingerprint density at radius 3 is 2.50 bits per heavy atom. The third-order valence-corrected chi connectivity index (χ3v) is 2.81. The van der Waals surface area contributed by atoms with Crippen LogP contribution in [0.2, 0.25) is 0 Å². The van der Waals surface area contributed by atoms with Crippen LogP contribution in [0.3, 0.4) is 0 Å². The Bertz CT molecular complexity index is 332. The molecule has 0 aromatic heterocycles. The van der Waals surface area contributed by atoms with Crippen molar-refractivity contribution in [2.75, 3.05) is 12.9 Å². The highest BCUT2D eigenvalue weighted by atomic mass is 32.2. The normalized spacial score (nSPS) is 33.4. The van der Waals surface area contributed by atoms with E-state index in [1.807, 2.05) is 0 Å². The van der Waals surface area contributed by atoms with Gasteiger partial charge in [0.05, 0.1) is 6.61 Å². The summed E-state index contributed by atoms with van der Waals surface area (Å²) in [7, 11) is -3.57. The van der Waals surface area contributed by atoms with E-state index in [1.54, 1.807) is 0 Å². The van der Waals surface area contributed by atoms with Crippen LogP contribution >= 0.6 is 0 Å². The number of sulfone groups is 1. The molecule has 0 aromatic carbocycles. The molecule has 1 heterocycles. The fourth-order valence-electron chi connectivity index (χ4n) is 1.07.